The van der Waals surface area contributed by atoms with Crippen LogP contribution < -0.4 is 24.8 Å². The van der Waals surface area contributed by atoms with Gasteiger partial charge in [-0.15, -0.1) is 46.2 Å². The molecular weight excluding hydrogens is 867 g/mol. The smallest absolute Gasteiger partial charge is 0.109 e. The molecule has 0 heterocycles. The third kappa shape index (κ3) is 12.4. The van der Waals surface area contributed by atoms with E-state index in [1.807, 2.05) is 48.6 Å². The summed E-state index contributed by atoms with van der Waals surface area (Å²) in [6.07, 6.45) is 10.0. The molecule has 0 saturated heterocycles. The minimum Gasteiger partial charge on any atom is -1.00 e. The summed E-state index contributed by atoms with van der Waals surface area (Å²) in [6, 6.07) is 31.1. The first kappa shape index (κ1) is 45.5. The molecule has 1 aliphatic carbocycles. The van der Waals surface area contributed by atoms with Gasteiger partial charge in [0.1, 0.15) is 0 Å². The standard InChI is InChI=1S/C21H25.C15H8Cl6.C5H5.2ClH.Zr/c1-20(2,3)16-7-9-18-14(12-16)11-15-13-17(21(4,5)6)8-10-19(15)18;16-14(17,18)12-5-1-3-10(8-12)7-11-4-2-6-13(9-11)15(19,20)21;1-2-4-5-3-1;;;/h7-13H,1-6H3;1-6,8-9H;1-3H,4H2;2*1H;/q-1;;-1;;;+2/p-2. The van der Waals surface area contributed by atoms with Gasteiger partial charge in [0.25, 0.3) is 0 Å². The molecule has 0 unspecified atom stereocenters. The maximum Gasteiger partial charge on any atom is -0.109 e. The van der Waals surface area contributed by atoms with Gasteiger partial charge in [0, 0.05) is 0 Å². The molecule has 0 atom stereocenters. The average molecular weight is 906 g/mol. The van der Waals surface area contributed by atoms with Gasteiger partial charge in [0.2, 0.25) is 0 Å². The minimum absolute atomic E-state index is 0. The third-order valence-electron chi connectivity index (χ3n) is 7.98. The van der Waals surface area contributed by atoms with E-state index >= 15 is 0 Å². The van der Waals surface area contributed by atoms with Crippen molar-refractivity contribution in [2.24, 2.45) is 0 Å². The van der Waals surface area contributed by atoms with Crippen LogP contribution in [0.15, 0.2) is 109 Å². The number of halogens is 8. The second kappa shape index (κ2) is 18.6. The van der Waals surface area contributed by atoms with Crippen LogP contribution in [-0.4, -0.2) is 3.21 Å². The van der Waals surface area contributed by atoms with Crippen LogP contribution in [0.3, 0.4) is 0 Å². The number of allylic oxidation sites excluding steroid dienone is 4. The van der Waals surface area contributed by atoms with Crippen LogP contribution in [-0.2, 0) is 42.7 Å². The van der Waals surface area contributed by atoms with Crippen LogP contribution >= 0.6 is 69.6 Å². The molecule has 0 saturated carbocycles. The van der Waals surface area contributed by atoms with Crippen molar-refractivity contribution in [1.29, 1.82) is 0 Å². The monoisotopic (exact) mass is 900 g/mol. The van der Waals surface area contributed by atoms with Crippen LogP contribution in [0.5, 0.6) is 0 Å². The third-order valence-corrected chi connectivity index (χ3v) is 10.7. The fraction of sp³-hybridized carbons (Fsp3) is 0.268. The predicted octanol–water partition coefficient (Wildman–Crippen LogP) is 8.08. The molecule has 0 N–H and O–H groups in total. The fourth-order valence-corrected chi connectivity index (χ4v) is 6.63. The van der Waals surface area contributed by atoms with E-state index in [4.69, 9.17) is 69.6 Å². The van der Waals surface area contributed by atoms with E-state index in [9.17, 15) is 0 Å². The van der Waals surface area contributed by atoms with E-state index < -0.39 is 7.59 Å². The van der Waals surface area contributed by atoms with E-state index in [1.54, 1.807) is 12.1 Å². The number of hydrogen-bond acceptors (Lipinski definition) is 0. The number of alkyl halides is 6. The van der Waals surface area contributed by atoms with Gasteiger partial charge in [-0.3, -0.25) is 6.08 Å². The van der Waals surface area contributed by atoms with Crippen molar-refractivity contribution in [2.45, 2.75) is 66.4 Å². The molecule has 0 nitrogen and oxygen atoms in total. The van der Waals surface area contributed by atoms with Crippen molar-refractivity contribution >= 4 is 94.4 Å². The van der Waals surface area contributed by atoms with Gasteiger partial charge in [0.05, 0.1) is 0 Å². The zero-order valence-corrected chi connectivity index (χ0v) is 37.1. The van der Waals surface area contributed by atoms with E-state index in [2.05, 4.69) is 96.2 Å². The van der Waals surface area contributed by atoms with Crippen molar-refractivity contribution in [3.8, 4) is 0 Å². The zero-order chi connectivity index (χ0) is 35.5. The van der Waals surface area contributed by atoms with E-state index in [1.165, 1.54) is 56.9 Å². The van der Waals surface area contributed by atoms with Crippen molar-refractivity contribution in [3.63, 3.8) is 0 Å². The Morgan fingerprint density at radius 1 is 0.600 bits per heavy atom. The summed E-state index contributed by atoms with van der Waals surface area (Å²) in [5.41, 5.74) is 6.40. The van der Waals surface area contributed by atoms with E-state index in [0.29, 0.717) is 11.1 Å². The molecule has 5 aromatic carbocycles. The van der Waals surface area contributed by atoms with Gasteiger partial charge in [-0.25, -0.2) is 12.2 Å². The molecule has 1 aliphatic rings. The van der Waals surface area contributed by atoms with Crippen LogP contribution in [0, 0.1) is 6.08 Å². The molecular formula is C41H38Cl8Zr-2. The first-order valence-corrected chi connectivity index (χ1v) is 19.0. The maximum absolute atomic E-state index is 5.94. The van der Waals surface area contributed by atoms with Crippen molar-refractivity contribution in [2.75, 3.05) is 0 Å². The molecule has 6 rings (SSSR count). The predicted molar refractivity (Wildman–Crippen MR) is 211 cm³/mol. The van der Waals surface area contributed by atoms with Crippen molar-refractivity contribution < 1.29 is 49.0 Å². The Balaban J connectivity index is 0.000000293. The largest absolute Gasteiger partial charge is 1.00 e. The van der Waals surface area contributed by atoms with Crippen LogP contribution in [0.25, 0.3) is 21.5 Å². The molecule has 0 radical (unpaired) electrons. The normalized spacial score (nSPS) is 12.8. The molecule has 50 heavy (non-hydrogen) atoms. The summed E-state index contributed by atoms with van der Waals surface area (Å²) >= 11 is 36.9. The summed E-state index contributed by atoms with van der Waals surface area (Å²) in [7, 11) is 0. The van der Waals surface area contributed by atoms with Crippen molar-refractivity contribution in [3.05, 3.63) is 149 Å². The Morgan fingerprint density at radius 2 is 1.02 bits per heavy atom. The zero-order valence-electron chi connectivity index (χ0n) is 28.6. The molecule has 0 spiro atoms. The average Bonchev–Trinajstić information content (AvgIpc) is 3.71. The Hall–Kier alpha value is -0.697. The maximum atomic E-state index is 5.94. The summed E-state index contributed by atoms with van der Waals surface area (Å²) in [4.78, 5) is 0. The summed E-state index contributed by atoms with van der Waals surface area (Å²) < 4.78 is -1.82. The summed E-state index contributed by atoms with van der Waals surface area (Å²) in [5.74, 6) is 0. The number of rotatable bonds is 2. The van der Waals surface area contributed by atoms with Crippen LogP contribution in [0.2, 0.25) is 0 Å². The molecule has 9 heteroatoms. The molecule has 0 amide bonds. The Bertz CT molecular complexity index is 1820. The molecule has 0 fully saturated rings. The van der Waals surface area contributed by atoms with E-state index in [0.717, 1.165) is 20.8 Å². The topological polar surface area (TPSA) is 0 Å². The first-order valence-electron chi connectivity index (χ1n) is 15.5. The van der Waals surface area contributed by atoms with Gasteiger partial charge in [0.15, 0.2) is 0 Å². The Kier molecular flexibility index (Phi) is 16.9. The van der Waals surface area contributed by atoms with Crippen molar-refractivity contribution in [1.82, 2.24) is 0 Å². The van der Waals surface area contributed by atoms with Gasteiger partial charge in [-0.2, -0.15) is 6.08 Å². The second-order valence-corrected chi connectivity index (χ2v) is 19.6. The van der Waals surface area contributed by atoms with Gasteiger partial charge >= 0.3 is 175 Å². The number of hydrogen-bond donors (Lipinski definition) is 0. The minimum atomic E-state index is -1.45. The SMILES string of the molecule is CC(C)(C)c1ccc2c(c1)[cH-]c1cc(C(C)(C)C)ccc12.ClC(Cl)(Cl)c1cccc([C](=[Zr+2])c2cccc(C(Cl)(Cl)Cl)c2)c1.[C-]1=CC=CC1.[Cl-].[Cl-]. The second-order valence-electron chi connectivity index (χ2n) is 13.8. The van der Waals surface area contributed by atoms with E-state index in [-0.39, 0.29) is 35.6 Å². The van der Waals surface area contributed by atoms with Gasteiger partial charge in [-0.05, 0) is 10.8 Å². The summed E-state index contributed by atoms with van der Waals surface area (Å²) in [6.45, 7) is 13.6. The van der Waals surface area contributed by atoms with Crippen LogP contribution in [0.1, 0.15) is 81.3 Å². The first-order chi connectivity index (χ1) is 22.2. The molecule has 5 aromatic rings. The number of benzene rings is 4. The van der Waals surface area contributed by atoms with Gasteiger partial charge in [-0.1, -0.05) is 76.9 Å². The Labute approximate surface area is 355 Å². The summed E-state index contributed by atoms with van der Waals surface area (Å²) in [5, 5.41) is 5.48. The quantitative estimate of drug-likeness (QED) is 0.124. The molecule has 264 valence electrons. The Morgan fingerprint density at radius 3 is 1.32 bits per heavy atom. The molecule has 0 aromatic heterocycles. The van der Waals surface area contributed by atoms with Gasteiger partial charge < -0.3 is 24.8 Å². The number of fused-ring (bicyclic) bond motifs is 3. The van der Waals surface area contributed by atoms with Crippen LogP contribution in [0.4, 0.5) is 0 Å². The molecule has 0 bridgehead atoms. The fourth-order valence-electron chi connectivity index (χ4n) is 5.16. The molecule has 0 aliphatic heterocycles.